The molecule has 1 rings (SSSR count). The topological polar surface area (TPSA) is 0 Å². The van der Waals surface area contributed by atoms with Crippen LogP contribution in [0.15, 0.2) is 0 Å². The highest BCUT2D eigenvalue weighted by molar-refractivity contribution is 9.20. The predicted molar refractivity (Wildman–Crippen MR) is 50.2 cm³/mol. The second kappa shape index (κ2) is 2.38. The molecule has 0 amide bonds. The summed E-state index contributed by atoms with van der Waals surface area (Å²) in [5, 5.41) is 0. The summed E-state index contributed by atoms with van der Waals surface area (Å²) in [7, 11) is 0. The van der Waals surface area contributed by atoms with E-state index < -0.39 is 4.90 Å². The van der Waals surface area contributed by atoms with Gasteiger partial charge in [0, 0.05) is 0 Å². The van der Waals surface area contributed by atoms with Gasteiger partial charge in [-0.1, -0.05) is 46.7 Å². The fourth-order valence-corrected chi connectivity index (χ4v) is 10.9. The van der Waals surface area contributed by atoms with Crippen LogP contribution in [0.5, 0.6) is 0 Å². The lowest BCUT2D eigenvalue weighted by atomic mass is 11.8. The zero-order chi connectivity index (χ0) is 6.41. The maximum absolute atomic E-state index is 5.72. The molecule has 1 heterocycles. The summed E-state index contributed by atoms with van der Waals surface area (Å²) in [6, 6.07) is 0. The van der Waals surface area contributed by atoms with Gasteiger partial charge < -0.3 is 0 Å². The molecule has 0 aromatic heterocycles. The lowest BCUT2D eigenvalue weighted by Gasteiger charge is -2.39. The van der Waals surface area contributed by atoms with Gasteiger partial charge in [-0.2, -0.15) is 0 Å². The van der Waals surface area contributed by atoms with E-state index in [1.54, 1.807) is 0 Å². The molecule has 0 aliphatic carbocycles. The normalized spacial score (nSPS) is 55.5. The molecule has 0 aromatic carbocycles. The Morgan fingerprint density at radius 2 is 1.25 bits per heavy atom. The highest BCUT2D eigenvalue weighted by atomic mass is 79.9. The standard InChI is InChI=1S/C2Br2Cl2S2/c3-1(5)7-2(4,6)8-1. The van der Waals surface area contributed by atoms with Gasteiger partial charge >= 0.3 is 0 Å². The average molecular weight is 319 g/mol. The third-order valence-corrected chi connectivity index (χ3v) is 5.29. The van der Waals surface area contributed by atoms with Crippen LogP contribution in [0.25, 0.3) is 0 Å². The van der Waals surface area contributed by atoms with Crippen molar-refractivity contribution in [1.29, 1.82) is 0 Å². The van der Waals surface area contributed by atoms with Crippen molar-refractivity contribution >= 4 is 78.6 Å². The Labute approximate surface area is 82.7 Å². The van der Waals surface area contributed by atoms with Gasteiger partial charge in [-0.05, 0) is 31.9 Å². The molecule has 0 unspecified atom stereocenters. The summed E-state index contributed by atoms with van der Waals surface area (Å²) in [5.74, 6) is 0. The molecule has 0 bridgehead atoms. The van der Waals surface area contributed by atoms with E-state index in [1.807, 2.05) is 0 Å². The number of halogens is 4. The summed E-state index contributed by atoms with van der Waals surface area (Å²) < 4.78 is -0.809. The Morgan fingerprint density at radius 1 is 1.00 bits per heavy atom. The highest BCUT2D eigenvalue weighted by Crippen LogP contribution is 2.74. The average Bonchev–Trinajstić information content (AvgIpc) is 1.20. The van der Waals surface area contributed by atoms with Crippen molar-refractivity contribution in [3.63, 3.8) is 0 Å². The number of thioether (sulfide) groups is 2. The van der Waals surface area contributed by atoms with Crippen molar-refractivity contribution in [2.75, 3.05) is 0 Å². The SMILES string of the molecule is ClC1(Br)SC(Cl)(Br)S1. The van der Waals surface area contributed by atoms with E-state index in [1.165, 1.54) is 23.5 Å². The number of hydrogen-bond acceptors (Lipinski definition) is 2. The van der Waals surface area contributed by atoms with Crippen LogP contribution >= 0.6 is 78.6 Å². The summed E-state index contributed by atoms with van der Waals surface area (Å²) in [5.41, 5.74) is 0. The first-order chi connectivity index (χ1) is 3.41. The molecule has 0 radical (unpaired) electrons. The van der Waals surface area contributed by atoms with Crippen LogP contribution in [0.1, 0.15) is 0 Å². The van der Waals surface area contributed by atoms with Gasteiger partial charge in [0.1, 0.15) is 0 Å². The zero-order valence-corrected chi connectivity index (χ0v) is 9.65. The molecule has 0 N–H and O–H groups in total. The van der Waals surface area contributed by atoms with Crippen molar-refractivity contribution in [3.05, 3.63) is 0 Å². The van der Waals surface area contributed by atoms with Gasteiger partial charge in [0.15, 0.2) is 4.90 Å². The van der Waals surface area contributed by atoms with Gasteiger partial charge in [0.25, 0.3) is 0 Å². The Balaban J connectivity index is 2.42. The maximum atomic E-state index is 5.72. The van der Waals surface area contributed by atoms with Gasteiger partial charge in [-0.15, -0.1) is 0 Å². The lowest BCUT2D eigenvalue weighted by Crippen LogP contribution is -2.25. The third kappa shape index (κ3) is 2.13. The molecule has 0 atom stereocenters. The predicted octanol–water partition coefficient (Wildman–Crippen LogP) is 3.96. The van der Waals surface area contributed by atoms with Crippen molar-refractivity contribution in [2.24, 2.45) is 0 Å². The monoisotopic (exact) mass is 316 g/mol. The Hall–Kier alpha value is 2.24. The Kier molecular flexibility index (Phi) is 2.48. The van der Waals surface area contributed by atoms with Crippen molar-refractivity contribution in [1.82, 2.24) is 0 Å². The molecule has 0 nitrogen and oxygen atoms in total. The zero-order valence-electron chi connectivity index (χ0n) is 3.33. The van der Waals surface area contributed by atoms with Crippen LogP contribution in [0.2, 0.25) is 0 Å². The second-order valence-electron chi connectivity index (χ2n) is 1.13. The van der Waals surface area contributed by atoms with Crippen LogP contribution in [-0.4, -0.2) is 4.90 Å². The molecule has 48 valence electrons. The van der Waals surface area contributed by atoms with Gasteiger partial charge in [0.2, 0.25) is 0 Å². The van der Waals surface area contributed by atoms with Crippen LogP contribution in [-0.2, 0) is 0 Å². The summed E-state index contributed by atoms with van der Waals surface area (Å²) in [6.45, 7) is 0. The van der Waals surface area contributed by atoms with E-state index in [-0.39, 0.29) is 0 Å². The van der Waals surface area contributed by atoms with Crippen molar-refractivity contribution in [2.45, 2.75) is 4.90 Å². The van der Waals surface area contributed by atoms with Gasteiger partial charge in [0.05, 0.1) is 0 Å². The molecule has 8 heavy (non-hydrogen) atoms. The first-order valence-electron chi connectivity index (χ1n) is 1.57. The van der Waals surface area contributed by atoms with E-state index in [2.05, 4.69) is 31.9 Å². The van der Waals surface area contributed by atoms with E-state index in [0.717, 1.165) is 0 Å². The molecule has 0 spiro atoms. The van der Waals surface area contributed by atoms with E-state index in [4.69, 9.17) is 23.2 Å². The smallest absolute Gasteiger partial charge is 0.0821 e. The molecule has 1 saturated heterocycles. The molecule has 1 aliphatic heterocycles. The van der Waals surface area contributed by atoms with Crippen molar-refractivity contribution < 1.29 is 0 Å². The Bertz CT molecular complexity index is 92.6. The van der Waals surface area contributed by atoms with Crippen LogP contribution in [0.4, 0.5) is 0 Å². The van der Waals surface area contributed by atoms with Gasteiger partial charge in [-0.3, -0.25) is 0 Å². The quantitative estimate of drug-likeness (QED) is 0.620. The van der Waals surface area contributed by atoms with Crippen molar-refractivity contribution in [3.8, 4) is 0 Å². The molecule has 1 fully saturated rings. The minimum absolute atomic E-state index is 0.405. The van der Waals surface area contributed by atoms with Crippen LogP contribution < -0.4 is 0 Å². The van der Waals surface area contributed by atoms with Gasteiger partial charge in [-0.25, -0.2) is 0 Å². The molecule has 0 aromatic rings. The minimum Gasteiger partial charge on any atom is -0.0821 e. The molecular formula is C2Br2Cl2S2. The lowest BCUT2D eigenvalue weighted by molar-refractivity contribution is 1.68. The molecule has 0 saturated carbocycles. The van der Waals surface area contributed by atoms with Crippen LogP contribution in [0.3, 0.4) is 0 Å². The first kappa shape index (κ1) is 8.34. The number of rotatable bonds is 0. The molecular weight excluding hydrogens is 319 g/mol. The summed E-state index contributed by atoms with van der Waals surface area (Å²) in [6.07, 6.45) is 0. The fourth-order valence-electron chi connectivity index (χ4n) is 0.284. The van der Waals surface area contributed by atoms with Crippen LogP contribution in [0, 0.1) is 0 Å². The molecule has 1 aliphatic rings. The molecule has 6 heteroatoms. The second-order valence-corrected chi connectivity index (χ2v) is 11.9. The minimum atomic E-state index is -0.405. The van der Waals surface area contributed by atoms with E-state index in [9.17, 15) is 0 Å². The number of hydrogen-bond donors (Lipinski definition) is 0. The fraction of sp³-hybridized carbons (Fsp3) is 1.00. The maximum Gasteiger partial charge on any atom is 0.196 e. The third-order valence-electron chi connectivity index (χ3n) is 0.475. The summed E-state index contributed by atoms with van der Waals surface area (Å²) >= 11 is 20.7. The van der Waals surface area contributed by atoms with E-state index >= 15 is 0 Å². The van der Waals surface area contributed by atoms with E-state index in [0.29, 0.717) is 0 Å². The first-order valence-corrected chi connectivity index (χ1v) is 5.55. The number of alkyl halides is 4. The summed E-state index contributed by atoms with van der Waals surface area (Å²) in [4.78, 5) is 0. The highest BCUT2D eigenvalue weighted by Gasteiger charge is 2.52. The Morgan fingerprint density at radius 3 is 1.25 bits per heavy atom. The largest absolute Gasteiger partial charge is 0.196 e.